The van der Waals surface area contributed by atoms with Crippen LogP contribution in [-0.4, -0.2) is 56.9 Å². The number of carboxylic acid groups (broad SMARTS) is 1. The van der Waals surface area contributed by atoms with Gasteiger partial charge in [-0.1, -0.05) is 35.6 Å². The fourth-order valence-corrected chi connectivity index (χ4v) is 4.76. The van der Waals surface area contributed by atoms with Crippen LogP contribution in [-0.2, 0) is 14.4 Å². The molecule has 1 fully saturated rings. The molecule has 3 atom stereocenters. The molecular weight excluding hydrogens is 402 g/mol. The molecule has 3 N–H and O–H groups in total. The molecule has 28 heavy (non-hydrogen) atoms. The van der Waals surface area contributed by atoms with Crippen LogP contribution in [0.1, 0.15) is 13.8 Å². The van der Waals surface area contributed by atoms with Gasteiger partial charge >= 0.3 is 5.97 Å². The number of likely N-dealkylation sites (tertiary alicyclic amines) is 1. The van der Waals surface area contributed by atoms with Gasteiger partial charge in [-0.25, -0.2) is 4.79 Å². The topological polar surface area (TPSA) is 120 Å². The summed E-state index contributed by atoms with van der Waals surface area (Å²) < 4.78 is 5.37. The van der Waals surface area contributed by atoms with Crippen molar-refractivity contribution in [1.29, 1.82) is 5.41 Å². The third-order valence-electron chi connectivity index (χ3n) is 3.76. The van der Waals surface area contributed by atoms with Gasteiger partial charge in [-0.3, -0.25) is 15.0 Å². The summed E-state index contributed by atoms with van der Waals surface area (Å²) in [4.78, 5) is 37.5. The fraction of sp³-hybridized carbons (Fsp3) is 0.333. The molecule has 1 aliphatic heterocycles. The van der Waals surface area contributed by atoms with Gasteiger partial charge in [-0.15, -0.1) is 0 Å². The van der Waals surface area contributed by atoms with Crippen LogP contribution in [0.25, 0.3) is 0 Å². The van der Waals surface area contributed by atoms with Crippen LogP contribution < -0.4 is 10.1 Å². The van der Waals surface area contributed by atoms with Gasteiger partial charge in [0.25, 0.3) is 5.91 Å². The zero-order valence-corrected chi connectivity index (χ0v) is 17.0. The number of aliphatic carboxylic acids is 1. The SMILES string of the molecule is C=C(C)C(C(=O)O)N1C(=O)C(NC(=O)COc2ccccc2)C1SSC(C)=N. The Hall–Kier alpha value is -2.46. The summed E-state index contributed by atoms with van der Waals surface area (Å²) in [6.45, 7) is 6.49. The Bertz CT molecular complexity index is 773. The number of rotatable bonds is 9. The van der Waals surface area contributed by atoms with Crippen molar-refractivity contribution in [3.05, 3.63) is 42.5 Å². The lowest BCUT2D eigenvalue weighted by molar-refractivity contribution is -0.159. The van der Waals surface area contributed by atoms with Crippen molar-refractivity contribution in [2.24, 2.45) is 0 Å². The third kappa shape index (κ3) is 5.29. The molecule has 1 saturated heterocycles. The minimum absolute atomic E-state index is 0.273. The lowest BCUT2D eigenvalue weighted by atomic mass is 9.99. The van der Waals surface area contributed by atoms with Crippen molar-refractivity contribution in [3.8, 4) is 5.75 Å². The van der Waals surface area contributed by atoms with Gasteiger partial charge < -0.3 is 20.1 Å². The highest BCUT2D eigenvalue weighted by Gasteiger charge is 2.53. The predicted octanol–water partition coefficient (Wildman–Crippen LogP) is 2.13. The first-order chi connectivity index (χ1) is 13.2. The predicted molar refractivity (Wildman–Crippen MR) is 109 cm³/mol. The van der Waals surface area contributed by atoms with Gasteiger partial charge in [0.2, 0.25) is 5.91 Å². The first kappa shape index (κ1) is 21.8. The quantitative estimate of drug-likeness (QED) is 0.183. The fourth-order valence-electron chi connectivity index (χ4n) is 2.56. The highest BCUT2D eigenvalue weighted by Crippen LogP contribution is 2.40. The number of ether oxygens (including phenoxy) is 1. The van der Waals surface area contributed by atoms with Crippen molar-refractivity contribution in [2.75, 3.05) is 6.61 Å². The van der Waals surface area contributed by atoms with E-state index in [-0.39, 0.29) is 6.61 Å². The van der Waals surface area contributed by atoms with Gasteiger partial charge in [0.15, 0.2) is 12.6 Å². The van der Waals surface area contributed by atoms with E-state index in [2.05, 4.69) is 11.9 Å². The van der Waals surface area contributed by atoms with Gasteiger partial charge in [-0.05, 0) is 42.3 Å². The summed E-state index contributed by atoms with van der Waals surface area (Å²) in [5.74, 6) is -1.68. The maximum Gasteiger partial charge on any atom is 0.330 e. The Kier molecular flexibility index (Phi) is 7.53. The molecule has 1 aromatic carbocycles. The Labute approximate surface area is 170 Å². The van der Waals surface area contributed by atoms with E-state index in [0.29, 0.717) is 16.4 Å². The molecule has 10 heteroatoms. The molecule has 0 aromatic heterocycles. The minimum atomic E-state index is -1.19. The molecule has 150 valence electrons. The summed E-state index contributed by atoms with van der Waals surface area (Å²) in [7, 11) is 2.25. The van der Waals surface area contributed by atoms with Crippen molar-refractivity contribution < 1.29 is 24.2 Å². The van der Waals surface area contributed by atoms with Crippen LogP contribution in [0, 0.1) is 5.41 Å². The zero-order chi connectivity index (χ0) is 20.8. The lowest BCUT2D eigenvalue weighted by Crippen LogP contribution is -2.73. The van der Waals surface area contributed by atoms with Crippen LogP contribution in [0.3, 0.4) is 0 Å². The molecule has 0 spiro atoms. The Morgan fingerprint density at radius 1 is 1.36 bits per heavy atom. The second-order valence-corrected chi connectivity index (χ2v) is 8.64. The third-order valence-corrected chi connectivity index (χ3v) is 6.43. The Morgan fingerprint density at radius 2 is 2.00 bits per heavy atom. The summed E-state index contributed by atoms with van der Waals surface area (Å²) in [6, 6.07) is 6.68. The number of hydrogen-bond donors (Lipinski definition) is 3. The summed E-state index contributed by atoms with van der Waals surface area (Å²) in [5.41, 5.74) is 0.306. The molecule has 0 saturated carbocycles. The second kappa shape index (κ2) is 9.65. The summed E-state index contributed by atoms with van der Waals surface area (Å²) in [6.07, 6.45) is 0. The molecule has 0 radical (unpaired) electrons. The van der Waals surface area contributed by atoms with E-state index < -0.39 is 35.2 Å². The van der Waals surface area contributed by atoms with Crippen molar-refractivity contribution >= 4 is 44.4 Å². The normalized spacial score (nSPS) is 19.4. The van der Waals surface area contributed by atoms with Crippen molar-refractivity contribution in [2.45, 2.75) is 31.3 Å². The smallest absolute Gasteiger partial charge is 0.330 e. The van der Waals surface area contributed by atoms with E-state index in [1.807, 2.05) is 6.07 Å². The van der Waals surface area contributed by atoms with Crippen molar-refractivity contribution in [1.82, 2.24) is 10.2 Å². The van der Waals surface area contributed by atoms with Crippen LogP contribution in [0.5, 0.6) is 5.75 Å². The van der Waals surface area contributed by atoms with Gasteiger partial charge in [-0.2, -0.15) is 0 Å². The number of β-lactam (4-membered cyclic amide) rings is 1. The number of para-hydroxylation sites is 1. The van der Waals surface area contributed by atoms with Crippen molar-refractivity contribution in [3.63, 3.8) is 0 Å². The highest BCUT2D eigenvalue weighted by atomic mass is 33.1. The molecule has 0 bridgehead atoms. The van der Waals surface area contributed by atoms with Crippen LogP contribution in [0.4, 0.5) is 0 Å². The molecule has 2 rings (SSSR count). The largest absolute Gasteiger partial charge is 0.484 e. The van der Waals surface area contributed by atoms with Gasteiger partial charge in [0, 0.05) is 0 Å². The van der Waals surface area contributed by atoms with E-state index in [1.165, 1.54) is 11.8 Å². The van der Waals surface area contributed by atoms with Gasteiger partial charge in [0.1, 0.15) is 17.2 Å². The molecule has 3 unspecified atom stereocenters. The molecule has 2 amide bonds. The average Bonchev–Trinajstić information content (AvgIpc) is 2.64. The van der Waals surface area contributed by atoms with E-state index in [0.717, 1.165) is 21.6 Å². The van der Waals surface area contributed by atoms with E-state index >= 15 is 0 Å². The van der Waals surface area contributed by atoms with Crippen LogP contribution in [0.2, 0.25) is 0 Å². The number of hydrogen-bond acceptors (Lipinski definition) is 7. The zero-order valence-electron chi connectivity index (χ0n) is 15.4. The molecular formula is C18H21N3O5S2. The Balaban J connectivity index is 2.05. The first-order valence-corrected chi connectivity index (χ1v) is 10.5. The molecule has 0 aliphatic carbocycles. The summed E-state index contributed by atoms with van der Waals surface area (Å²) >= 11 is 0. The lowest BCUT2D eigenvalue weighted by Gasteiger charge is -2.48. The second-order valence-electron chi connectivity index (χ2n) is 6.11. The number of carbonyl (C=O) groups is 3. The van der Waals surface area contributed by atoms with Crippen LogP contribution in [0.15, 0.2) is 42.5 Å². The van der Waals surface area contributed by atoms with Gasteiger partial charge in [0.05, 0.1) is 5.04 Å². The average molecular weight is 424 g/mol. The number of nitrogens with zero attached hydrogens (tertiary/aromatic N) is 1. The molecule has 1 aliphatic rings. The number of nitrogens with one attached hydrogen (secondary N) is 2. The standard InChI is InChI=1S/C18H21N3O5S2/c1-10(2)15(18(24)25)21-16(23)14(17(21)28-27-11(3)19)20-13(22)9-26-12-7-5-4-6-8-12/h4-8,14-15,17,19H,1,9H2,2-3H3,(H,20,22)(H,24,25). The minimum Gasteiger partial charge on any atom is -0.484 e. The molecule has 1 aromatic rings. The maximum atomic E-state index is 12.6. The molecule has 8 nitrogen and oxygen atoms in total. The maximum absolute atomic E-state index is 12.6. The van der Waals surface area contributed by atoms with E-state index in [9.17, 15) is 19.5 Å². The van der Waals surface area contributed by atoms with E-state index in [4.69, 9.17) is 10.1 Å². The monoisotopic (exact) mass is 423 g/mol. The van der Waals surface area contributed by atoms with Crippen LogP contribution >= 0.6 is 21.6 Å². The number of benzene rings is 1. The number of amides is 2. The number of carbonyl (C=O) groups excluding carboxylic acids is 2. The number of carboxylic acids is 1. The Morgan fingerprint density at radius 3 is 2.54 bits per heavy atom. The first-order valence-electron chi connectivity index (χ1n) is 8.28. The van der Waals surface area contributed by atoms with E-state index in [1.54, 1.807) is 31.2 Å². The highest BCUT2D eigenvalue weighted by molar-refractivity contribution is 8.82. The molecule has 1 heterocycles. The summed E-state index contributed by atoms with van der Waals surface area (Å²) in [5, 5.41) is 19.2.